The van der Waals surface area contributed by atoms with Crippen LogP contribution in [0.4, 0.5) is 0 Å². The van der Waals surface area contributed by atoms with Crippen LogP contribution in [0, 0.1) is 5.92 Å². The lowest BCUT2D eigenvalue weighted by atomic mass is 10.0. The van der Waals surface area contributed by atoms with Gasteiger partial charge in [-0.05, 0) is 12.8 Å². The van der Waals surface area contributed by atoms with Crippen LogP contribution in [0.2, 0.25) is 0 Å². The van der Waals surface area contributed by atoms with Crippen molar-refractivity contribution in [1.29, 1.82) is 0 Å². The molecule has 2 rings (SSSR count). The zero-order valence-electron chi connectivity index (χ0n) is 9.76. The van der Waals surface area contributed by atoms with Gasteiger partial charge >= 0.3 is 5.97 Å². The van der Waals surface area contributed by atoms with E-state index in [2.05, 4.69) is 10.3 Å². The molecule has 0 radical (unpaired) electrons. The molecule has 0 aliphatic heterocycles. The van der Waals surface area contributed by atoms with Gasteiger partial charge in [-0.2, -0.15) is 0 Å². The third kappa shape index (κ3) is 2.68. The summed E-state index contributed by atoms with van der Waals surface area (Å²) < 4.78 is 0. The molecular weight excluding hydrogens is 254 g/mol. The number of hydrogen-bond acceptors (Lipinski definition) is 5. The molecular formula is C11H15N3O3S. The highest BCUT2D eigenvalue weighted by Crippen LogP contribution is 2.26. The van der Waals surface area contributed by atoms with Gasteiger partial charge in [0.15, 0.2) is 0 Å². The Bertz CT molecular complexity index is 460. The number of nitrogens with two attached hydrogens (primary N) is 1. The standard InChI is InChI=1S/C11H15N3O3S/c12-4-9-13-8(5-18-9)10(15)14-7-3-1-2-6(7)11(16)17/h5-7H,1-4,12H2,(H,14,15)(H,16,17). The second kappa shape index (κ2) is 5.45. The lowest BCUT2D eigenvalue weighted by Gasteiger charge is -2.16. The van der Waals surface area contributed by atoms with Crippen molar-refractivity contribution in [3.8, 4) is 0 Å². The molecule has 2 atom stereocenters. The zero-order chi connectivity index (χ0) is 13.1. The quantitative estimate of drug-likeness (QED) is 0.741. The number of rotatable bonds is 4. The minimum Gasteiger partial charge on any atom is -0.481 e. The molecule has 0 bridgehead atoms. The van der Waals surface area contributed by atoms with Gasteiger partial charge in [-0.25, -0.2) is 4.98 Å². The first-order valence-electron chi connectivity index (χ1n) is 5.80. The van der Waals surface area contributed by atoms with E-state index in [9.17, 15) is 9.59 Å². The van der Waals surface area contributed by atoms with Crippen LogP contribution in [0.5, 0.6) is 0 Å². The molecule has 4 N–H and O–H groups in total. The van der Waals surface area contributed by atoms with Crippen LogP contribution in [-0.2, 0) is 11.3 Å². The number of carboxylic acid groups (broad SMARTS) is 1. The molecule has 6 nitrogen and oxygen atoms in total. The van der Waals surface area contributed by atoms with E-state index in [1.807, 2.05) is 0 Å². The third-order valence-corrected chi connectivity index (χ3v) is 3.98. The van der Waals surface area contributed by atoms with Crippen LogP contribution in [0.15, 0.2) is 5.38 Å². The van der Waals surface area contributed by atoms with E-state index < -0.39 is 11.9 Å². The predicted molar refractivity (Wildman–Crippen MR) is 66.2 cm³/mol. The summed E-state index contributed by atoms with van der Waals surface area (Å²) in [6.45, 7) is 0.305. The van der Waals surface area contributed by atoms with Gasteiger partial charge in [0, 0.05) is 18.0 Å². The van der Waals surface area contributed by atoms with Gasteiger partial charge < -0.3 is 16.2 Å². The molecule has 1 aromatic rings. The van der Waals surface area contributed by atoms with E-state index in [0.717, 1.165) is 6.42 Å². The molecule has 1 aliphatic rings. The lowest BCUT2D eigenvalue weighted by molar-refractivity contribution is -0.142. The van der Waals surface area contributed by atoms with Crippen molar-refractivity contribution < 1.29 is 14.7 Å². The average Bonchev–Trinajstić information content (AvgIpc) is 2.96. The number of aromatic nitrogens is 1. The fourth-order valence-corrected chi connectivity index (χ4v) is 2.83. The van der Waals surface area contributed by atoms with Gasteiger partial charge in [0.2, 0.25) is 0 Å². The summed E-state index contributed by atoms with van der Waals surface area (Å²) in [6.07, 6.45) is 2.15. The van der Waals surface area contributed by atoms with Crippen molar-refractivity contribution in [2.24, 2.45) is 11.7 Å². The fourth-order valence-electron chi connectivity index (χ4n) is 2.18. The summed E-state index contributed by atoms with van der Waals surface area (Å²) in [5, 5.41) is 14.1. The number of nitrogens with one attached hydrogen (secondary N) is 1. The molecule has 18 heavy (non-hydrogen) atoms. The smallest absolute Gasteiger partial charge is 0.308 e. The number of thiazole rings is 1. The maximum Gasteiger partial charge on any atom is 0.308 e. The largest absolute Gasteiger partial charge is 0.481 e. The van der Waals surface area contributed by atoms with Crippen LogP contribution < -0.4 is 11.1 Å². The van der Waals surface area contributed by atoms with Gasteiger partial charge in [0.1, 0.15) is 10.7 Å². The fraction of sp³-hybridized carbons (Fsp3) is 0.545. The monoisotopic (exact) mass is 269 g/mol. The molecule has 7 heteroatoms. The van der Waals surface area contributed by atoms with Crippen LogP contribution in [-0.4, -0.2) is 28.0 Å². The predicted octanol–water partition coefficient (Wildman–Crippen LogP) is 0.585. The molecule has 1 heterocycles. The molecule has 1 aliphatic carbocycles. The molecule has 1 saturated carbocycles. The summed E-state index contributed by atoms with van der Waals surface area (Å²) in [6, 6.07) is -0.293. The summed E-state index contributed by atoms with van der Waals surface area (Å²) in [4.78, 5) is 27.0. The number of hydrogen-bond donors (Lipinski definition) is 3. The van der Waals surface area contributed by atoms with Gasteiger partial charge in [-0.1, -0.05) is 6.42 Å². The lowest BCUT2D eigenvalue weighted by Crippen LogP contribution is -2.40. The van der Waals surface area contributed by atoms with Crippen molar-refractivity contribution >= 4 is 23.2 Å². The SMILES string of the molecule is NCc1nc(C(=O)NC2CCCC2C(=O)O)cs1. The minimum atomic E-state index is -0.848. The minimum absolute atomic E-state index is 0.293. The summed E-state index contributed by atoms with van der Waals surface area (Å²) >= 11 is 1.33. The summed E-state index contributed by atoms with van der Waals surface area (Å²) in [5.41, 5.74) is 5.74. The zero-order valence-corrected chi connectivity index (χ0v) is 10.6. The second-order valence-electron chi connectivity index (χ2n) is 4.29. The highest BCUT2D eigenvalue weighted by molar-refractivity contribution is 7.09. The van der Waals surface area contributed by atoms with Gasteiger partial charge in [-0.15, -0.1) is 11.3 Å². The maximum atomic E-state index is 11.9. The Hall–Kier alpha value is -1.47. The number of nitrogens with zero attached hydrogens (tertiary/aromatic N) is 1. The first kappa shape index (κ1) is 13.0. The third-order valence-electron chi connectivity index (χ3n) is 3.11. The molecule has 0 spiro atoms. The van der Waals surface area contributed by atoms with Gasteiger partial charge in [-0.3, -0.25) is 9.59 Å². The van der Waals surface area contributed by atoms with Crippen LogP contribution in [0.3, 0.4) is 0 Å². The van der Waals surface area contributed by atoms with E-state index in [0.29, 0.717) is 30.1 Å². The van der Waals surface area contributed by atoms with E-state index in [1.165, 1.54) is 11.3 Å². The Morgan fingerprint density at radius 3 is 2.94 bits per heavy atom. The Morgan fingerprint density at radius 1 is 1.56 bits per heavy atom. The molecule has 2 unspecified atom stereocenters. The van der Waals surface area contributed by atoms with Crippen molar-refractivity contribution in [3.63, 3.8) is 0 Å². The number of carboxylic acids is 1. The van der Waals surface area contributed by atoms with Crippen LogP contribution in [0.25, 0.3) is 0 Å². The Morgan fingerprint density at radius 2 is 2.33 bits per heavy atom. The van der Waals surface area contributed by atoms with E-state index in [1.54, 1.807) is 5.38 Å². The average molecular weight is 269 g/mol. The Labute approximate surface area is 108 Å². The number of carbonyl (C=O) groups excluding carboxylic acids is 1. The summed E-state index contributed by atoms with van der Waals surface area (Å²) in [5.74, 6) is -1.65. The Balaban J connectivity index is 2.00. The summed E-state index contributed by atoms with van der Waals surface area (Å²) in [7, 11) is 0. The highest BCUT2D eigenvalue weighted by atomic mass is 32.1. The number of aliphatic carboxylic acids is 1. The highest BCUT2D eigenvalue weighted by Gasteiger charge is 2.34. The topological polar surface area (TPSA) is 105 Å². The molecule has 1 amide bonds. The molecule has 1 aromatic heterocycles. The van der Waals surface area contributed by atoms with Gasteiger partial charge in [0.05, 0.1) is 5.92 Å². The van der Waals surface area contributed by atoms with Gasteiger partial charge in [0.25, 0.3) is 5.91 Å². The first-order valence-corrected chi connectivity index (χ1v) is 6.68. The second-order valence-corrected chi connectivity index (χ2v) is 5.23. The Kier molecular flexibility index (Phi) is 3.93. The number of amides is 1. The normalized spacial score (nSPS) is 22.9. The van der Waals surface area contributed by atoms with Crippen LogP contribution >= 0.6 is 11.3 Å². The van der Waals surface area contributed by atoms with Crippen molar-refractivity contribution in [3.05, 3.63) is 16.1 Å². The maximum absolute atomic E-state index is 11.9. The van der Waals surface area contributed by atoms with E-state index >= 15 is 0 Å². The van der Waals surface area contributed by atoms with Crippen molar-refractivity contribution in [1.82, 2.24) is 10.3 Å². The molecule has 0 aromatic carbocycles. The molecule has 1 fully saturated rings. The molecule has 98 valence electrons. The van der Waals surface area contributed by atoms with E-state index in [4.69, 9.17) is 10.8 Å². The van der Waals surface area contributed by atoms with E-state index in [-0.39, 0.29) is 11.9 Å². The van der Waals surface area contributed by atoms with Crippen LogP contribution in [0.1, 0.15) is 34.8 Å². The number of carbonyl (C=O) groups is 2. The van der Waals surface area contributed by atoms with Crippen molar-refractivity contribution in [2.75, 3.05) is 0 Å². The van der Waals surface area contributed by atoms with Crippen molar-refractivity contribution in [2.45, 2.75) is 31.8 Å². The molecule has 0 saturated heterocycles. The first-order chi connectivity index (χ1) is 8.61.